The highest BCUT2D eigenvalue weighted by atomic mass is 16.7. The van der Waals surface area contributed by atoms with E-state index in [1.54, 1.807) is 24.3 Å². The Kier molecular flexibility index (Phi) is 5.03. The van der Waals surface area contributed by atoms with Crippen LogP contribution in [-0.2, 0) is 16.1 Å². The average Bonchev–Trinajstić information content (AvgIpc) is 3.58. The number of hydrogen-bond acceptors (Lipinski definition) is 7. The lowest BCUT2D eigenvalue weighted by Crippen LogP contribution is -2.45. The summed E-state index contributed by atoms with van der Waals surface area (Å²) in [6, 6.07) is 15.4. The number of amides is 3. The Hall–Kier alpha value is -4.58. The number of nitrogens with zero attached hydrogens (tertiary/aromatic N) is 3. The Morgan fingerprint density at radius 3 is 2.61 bits per heavy atom. The molecule has 0 saturated carbocycles. The molecule has 2 aromatic carbocycles. The zero-order valence-corrected chi connectivity index (χ0v) is 17.3. The van der Waals surface area contributed by atoms with Crippen molar-refractivity contribution in [2.24, 2.45) is 0 Å². The molecular weight excluding hydrogens is 426 g/mol. The van der Waals surface area contributed by atoms with Gasteiger partial charge in [-0.15, -0.1) is 0 Å². The monoisotopic (exact) mass is 443 g/mol. The third-order valence-electron chi connectivity index (χ3n) is 5.54. The summed E-state index contributed by atoms with van der Waals surface area (Å²) in [7, 11) is 0. The number of imide groups is 1. The summed E-state index contributed by atoms with van der Waals surface area (Å²) in [6.07, 6.45) is 1.20. The number of carbonyl (C=O) groups excluding carboxylic acids is 3. The fourth-order valence-corrected chi connectivity index (χ4v) is 3.92. The van der Waals surface area contributed by atoms with E-state index < -0.39 is 23.8 Å². The second-order valence-electron chi connectivity index (χ2n) is 7.54. The lowest BCUT2D eigenvalue weighted by atomic mass is 10.1. The third kappa shape index (κ3) is 3.68. The van der Waals surface area contributed by atoms with E-state index in [-0.39, 0.29) is 25.5 Å². The van der Waals surface area contributed by atoms with Gasteiger partial charge in [0.15, 0.2) is 17.3 Å². The van der Waals surface area contributed by atoms with Crippen LogP contribution in [0.15, 0.2) is 65.3 Å². The normalized spacial score (nSPS) is 16.7. The lowest BCUT2D eigenvalue weighted by Gasteiger charge is -2.27. The Bertz CT molecular complexity index is 1280. The Labute approximate surface area is 188 Å². The number of carbonyl (C=O) groups is 3. The molecule has 0 radical (unpaired) electrons. The van der Waals surface area contributed by atoms with Gasteiger partial charge in [0.25, 0.3) is 11.8 Å². The molecule has 1 atom stereocenters. The van der Waals surface area contributed by atoms with Crippen molar-refractivity contribution in [2.45, 2.75) is 19.0 Å². The van der Waals surface area contributed by atoms with E-state index in [9.17, 15) is 14.4 Å². The molecule has 2 aliphatic rings. The average molecular weight is 443 g/mol. The number of hydrogen-bond donors (Lipinski definition) is 0. The summed E-state index contributed by atoms with van der Waals surface area (Å²) in [4.78, 5) is 41.8. The van der Waals surface area contributed by atoms with Crippen LogP contribution in [-0.4, -0.2) is 35.5 Å². The van der Waals surface area contributed by atoms with Crippen LogP contribution in [0, 0.1) is 11.3 Å². The second kappa shape index (κ2) is 8.16. The van der Waals surface area contributed by atoms with Gasteiger partial charge in [-0.2, -0.15) is 5.26 Å². The Balaban J connectivity index is 1.47. The summed E-state index contributed by atoms with van der Waals surface area (Å²) in [6.45, 7) is 0.171. The third-order valence-corrected chi connectivity index (χ3v) is 5.54. The number of fused-ring (bicyclic) bond motifs is 1. The van der Waals surface area contributed by atoms with Crippen molar-refractivity contribution in [1.29, 1.82) is 5.26 Å². The van der Waals surface area contributed by atoms with Gasteiger partial charge in [-0.25, -0.2) is 4.90 Å². The van der Waals surface area contributed by atoms with Gasteiger partial charge in [0.1, 0.15) is 6.04 Å². The maximum absolute atomic E-state index is 13.3. The first-order chi connectivity index (χ1) is 16.0. The van der Waals surface area contributed by atoms with Crippen molar-refractivity contribution >= 4 is 23.4 Å². The van der Waals surface area contributed by atoms with E-state index in [4.69, 9.17) is 19.2 Å². The molecule has 9 heteroatoms. The van der Waals surface area contributed by atoms with Crippen molar-refractivity contribution in [3.8, 4) is 17.6 Å². The molecule has 5 rings (SSSR count). The van der Waals surface area contributed by atoms with Gasteiger partial charge < -0.3 is 18.8 Å². The molecule has 1 aromatic heterocycles. The first-order valence-corrected chi connectivity index (χ1v) is 10.1. The van der Waals surface area contributed by atoms with Gasteiger partial charge in [0.2, 0.25) is 12.7 Å². The van der Waals surface area contributed by atoms with Gasteiger partial charge in [-0.3, -0.25) is 14.4 Å². The summed E-state index contributed by atoms with van der Waals surface area (Å²) >= 11 is 0. The van der Waals surface area contributed by atoms with Crippen LogP contribution in [0.2, 0.25) is 0 Å². The zero-order chi connectivity index (χ0) is 22.9. The van der Waals surface area contributed by atoms with Crippen LogP contribution in [0.4, 0.5) is 5.69 Å². The number of rotatable bonds is 5. The van der Waals surface area contributed by atoms with Crippen molar-refractivity contribution in [3.05, 3.63) is 77.7 Å². The van der Waals surface area contributed by atoms with Crippen LogP contribution in [0.5, 0.6) is 11.5 Å². The fraction of sp³-hybridized carbons (Fsp3) is 0.167. The quantitative estimate of drug-likeness (QED) is 0.557. The molecular formula is C24H17N3O6. The van der Waals surface area contributed by atoms with Crippen LogP contribution >= 0.6 is 0 Å². The largest absolute Gasteiger partial charge is 0.459 e. The highest BCUT2D eigenvalue weighted by Gasteiger charge is 2.45. The van der Waals surface area contributed by atoms with Gasteiger partial charge in [0, 0.05) is 6.54 Å². The maximum Gasteiger partial charge on any atom is 0.290 e. The number of anilines is 1. The second-order valence-corrected chi connectivity index (χ2v) is 7.54. The molecule has 3 aromatic rings. The van der Waals surface area contributed by atoms with E-state index in [2.05, 4.69) is 0 Å². The van der Waals surface area contributed by atoms with E-state index in [1.807, 2.05) is 6.07 Å². The molecule has 2 aliphatic heterocycles. The molecule has 3 heterocycles. The molecule has 1 saturated heterocycles. The molecule has 0 N–H and O–H groups in total. The predicted molar refractivity (Wildman–Crippen MR) is 113 cm³/mol. The molecule has 164 valence electrons. The van der Waals surface area contributed by atoms with Gasteiger partial charge in [0.05, 0.1) is 30.0 Å². The van der Waals surface area contributed by atoms with Gasteiger partial charge in [-0.1, -0.05) is 6.07 Å². The van der Waals surface area contributed by atoms with Crippen LogP contribution in [0.25, 0.3) is 0 Å². The van der Waals surface area contributed by atoms with Crippen LogP contribution in [0.3, 0.4) is 0 Å². The van der Waals surface area contributed by atoms with E-state index in [0.29, 0.717) is 28.3 Å². The molecule has 1 unspecified atom stereocenters. The zero-order valence-electron chi connectivity index (χ0n) is 17.3. The fourth-order valence-electron chi connectivity index (χ4n) is 3.92. The molecule has 0 aliphatic carbocycles. The Morgan fingerprint density at radius 2 is 1.88 bits per heavy atom. The smallest absolute Gasteiger partial charge is 0.290 e. The number of benzene rings is 2. The van der Waals surface area contributed by atoms with Crippen molar-refractivity contribution < 1.29 is 28.3 Å². The summed E-state index contributed by atoms with van der Waals surface area (Å²) in [5.74, 6) is -0.256. The van der Waals surface area contributed by atoms with Gasteiger partial charge >= 0.3 is 0 Å². The van der Waals surface area contributed by atoms with E-state index >= 15 is 0 Å². The van der Waals surface area contributed by atoms with E-state index in [1.165, 1.54) is 41.5 Å². The minimum absolute atomic E-state index is 0.0566. The number of ether oxygens (including phenoxy) is 2. The minimum atomic E-state index is -1.02. The predicted octanol–water partition coefficient (Wildman–Crippen LogP) is 2.85. The highest BCUT2D eigenvalue weighted by molar-refractivity contribution is 6.23. The SMILES string of the molecule is N#Cc1ccc(N2C(=O)CC(N(Cc3ccc4c(c3)OCO4)C(=O)c3ccco3)C2=O)cc1. The highest BCUT2D eigenvalue weighted by Crippen LogP contribution is 2.34. The number of furan rings is 1. The van der Waals surface area contributed by atoms with Gasteiger partial charge in [-0.05, 0) is 54.1 Å². The molecule has 9 nitrogen and oxygen atoms in total. The van der Waals surface area contributed by atoms with Crippen LogP contribution < -0.4 is 14.4 Å². The van der Waals surface area contributed by atoms with Crippen molar-refractivity contribution in [2.75, 3.05) is 11.7 Å². The standard InChI is InChI=1S/C24H17N3O6/c25-12-15-3-6-17(7-4-15)27-22(28)11-18(23(27)29)26(24(30)20-2-1-9-31-20)13-16-5-8-19-21(10-16)33-14-32-19/h1-10,18H,11,13-14H2. The van der Waals surface area contributed by atoms with Crippen molar-refractivity contribution in [1.82, 2.24) is 4.90 Å². The molecule has 33 heavy (non-hydrogen) atoms. The first kappa shape index (κ1) is 20.3. The summed E-state index contributed by atoms with van der Waals surface area (Å²) in [5, 5.41) is 9.00. The molecule has 0 bridgehead atoms. The van der Waals surface area contributed by atoms with Crippen molar-refractivity contribution in [3.63, 3.8) is 0 Å². The number of nitriles is 1. The summed E-state index contributed by atoms with van der Waals surface area (Å²) in [5.41, 5.74) is 1.46. The molecule has 0 spiro atoms. The molecule has 3 amide bonds. The lowest BCUT2D eigenvalue weighted by molar-refractivity contribution is -0.122. The topological polar surface area (TPSA) is 113 Å². The first-order valence-electron chi connectivity index (χ1n) is 10.1. The van der Waals surface area contributed by atoms with E-state index in [0.717, 1.165) is 4.90 Å². The molecule has 1 fully saturated rings. The minimum Gasteiger partial charge on any atom is -0.459 e. The Morgan fingerprint density at radius 1 is 1.09 bits per heavy atom. The maximum atomic E-state index is 13.3. The van der Waals surface area contributed by atoms with Crippen LogP contribution in [0.1, 0.15) is 28.1 Å². The summed E-state index contributed by atoms with van der Waals surface area (Å²) < 4.78 is 16.0.